The summed E-state index contributed by atoms with van der Waals surface area (Å²) in [6.07, 6.45) is 2.79. The number of likely N-dealkylation sites (tertiary alicyclic amines) is 1. The molecule has 5 rings (SSSR count). The molecule has 0 saturated carbocycles. The van der Waals surface area contributed by atoms with E-state index in [0.29, 0.717) is 30.0 Å². The van der Waals surface area contributed by atoms with Gasteiger partial charge in [-0.3, -0.25) is 14.5 Å². The second kappa shape index (κ2) is 8.45. The number of nitrogens with zero attached hydrogens (tertiary/aromatic N) is 3. The van der Waals surface area contributed by atoms with E-state index in [1.807, 2.05) is 17.5 Å². The van der Waals surface area contributed by atoms with Gasteiger partial charge >= 0.3 is 0 Å². The van der Waals surface area contributed by atoms with Crippen LogP contribution in [0.1, 0.15) is 50.4 Å². The summed E-state index contributed by atoms with van der Waals surface area (Å²) in [5, 5.41) is 4.02. The fourth-order valence-corrected chi connectivity index (χ4v) is 5.85. The standard InChI is InChI=1S/C22H24N4O2S2/c27-21-17-14-26(22(28)19-6-3-11-30-19)9-7-18(17)23-20(24-21)15-4-1-8-25(12-15)13-16-5-2-10-29-16/h2-3,5-6,10-11,15H,1,4,7-9,12-14H2,(H,23,24,27)/t15-/m1/s1. The Bertz CT molecular complexity index is 1080. The third-order valence-corrected chi connectivity index (χ3v) is 7.68. The predicted octanol–water partition coefficient (Wildman–Crippen LogP) is 3.47. The Hall–Kier alpha value is -2.29. The van der Waals surface area contributed by atoms with E-state index >= 15 is 0 Å². The SMILES string of the molecule is O=C(c1cccs1)N1CCc2nc([C@@H]3CCCN(Cc4cccs4)C3)[nH]c(=O)c2C1. The number of nitrogens with one attached hydrogen (secondary N) is 1. The lowest BCUT2D eigenvalue weighted by molar-refractivity contribution is 0.0737. The Labute approximate surface area is 183 Å². The zero-order valence-corrected chi connectivity index (χ0v) is 18.3. The molecule has 2 aliphatic rings. The number of piperidine rings is 1. The van der Waals surface area contributed by atoms with E-state index in [2.05, 4.69) is 27.4 Å². The average Bonchev–Trinajstić information content (AvgIpc) is 3.48. The van der Waals surface area contributed by atoms with Gasteiger partial charge in [0.05, 0.1) is 22.7 Å². The highest BCUT2D eigenvalue weighted by atomic mass is 32.1. The summed E-state index contributed by atoms with van der Waals surface area (Å²) in [7, 11) is 0. The number of aromatic nitrogens is 2. The number of hydrogen-bond donors (Lipinski definition) is 1. The van der Waals surface area contributed by atoms with Gasteiger partial charge in [0.15, 0.2) is 0 Å². The van der Waals surface area contributed by atoms with Crippen LogP contribution in [0.2, 0.25) is 0 Å². The van der Waals surface area contributed by atoms with Gasteiger partial charge in [0.1, 0.15) is 5.82 Å². The van der Waals surface area contributed by atoms with E-state index in [4.69, 9.17) is 4.98 Å². The zero-order valence-electron chi connectivity index (χ0n) is 16.7. The molecule has 1 fully saturated rings. The molecule has 2 aliphatic heterocycles. The normalized spacial score (nSPS) is 19.6. The van der Waals surface area contributed by atoms with Crippen molar-refractivity contribution in [1.82, 2.24) is 19.8 Å². The molecule has 1 amide bonds. The molecule has 0 spiro atoms. The van der Waals surface area contributed by atoms with Crippen LogP contribution in [0.5, 0.6) is 0 Å². The van der Waals surface area contributed by atoms with E-state index in [-0.39, 0.29) is 17.4 Å². The minimum atomic E-state index is -0.0888. The first-order valence-corrected chi connectivity index (χ1v) is 12.1. The van der Waals surface area contributed by atoms with Crippen molar-refractivity contribution < 1.29 is 4.79 Å². The van der Waals surface area contributed by atoms with Gasteiger partial charge < -0.3 is 9.88 Å². The molecule has 0 bridgehead atoms. The minimum absolute atomic E-state index is 0.00405. The first-order valence-electron chi connectivity index (χ1n) is 10.4. The van der Waals surface area contributed by atoms with Crippen LogP contribution < -0.4 is 5.56 Å². The topological polar surface area (TPSA) is 69.3 Å². The predicted molar refractivity (Wildman–Crippen MR) is 119 cm³/mol. The van der Waals surface area contributed by atoms with E-state index < -0.39 is 0 Å². The summed E-state index contributed by atoms with van der Waals surface area (Å²) in [5.74, 6) is 1.06. The van der Waals surface area contributed by atoms with Crippen LogP contribution in [0.25, 0.3) is 0 Å². The van der Waals surface area contributed by atoms with Crippen molar-refractivity contribution in [1.29, 1.82) is 0 Å². The highest BCUT2D eigenvalue weighted by Gasteiger charge is 2.28. The number of hydrogen-bond acceptors (Lipinski definition) is 6. The first kappa shape index (κ1) is 19.7. The molecule has 5 heterocycles. The second-order valence-electron chi connectivity index (χ2n) is 7.98. The number of carbonyl (C=O) groups is 1. The van der Waals surface area contributed by atoms with E-state index in [1.54, 1.807) is 16.2 Å². The fraction of sp³-hybridized carbons (Fsp3) is 0.409. The Kier molecular flexibility index (Phi) is 5.54. The molecule has 6 nitrogen and oxygen atoms in total. The van der Waals surface area contributed by atoms with E-state index in [0.717, 1.165) is 44.0 Å². The summed E-state index contributed by atoms with van der Waals surface area (Å²) in [6, 6.07) is 7.98. The summed E-state index contributed by atoms with van der Waals surface area (Å²) in [6.45, 7) is 3.91. The molecule has 3 aromatic rings. The van der Waals surface area contributed by atoms with Crippen LogP contribution in [0.15, 0.2) is 39.8 Å². The maximum absolute atomic E-state index is 12.9. The van der Waals surface area contributed by atoms with Crippen LogP contribution >= 0.6 is 22.7 Å². The van der Waals surface area contributed by atoms with Crippen molar-refractivity contribution in [2.24, 2.45) is 0 Å². The molecule has 1 saturated heterocycles. The molecule has 156 valence electrons. The quantitative estimate of drug-likeness (QED) is 0.675. The first-order chi connectivity index (χ1) is 14.7. The molecular formula is C22H24N4O2S2. The highest BCUT2D eigenvalue weighted by molar-refractivity contribution is 7.12. The van der Waals surface area contributed by atoms with E-state index in [9.17, 15) is 9.59 Å². The molecule has 0 aliphatic carbocycles. The summed E-state index contributed by atoms with van der Waals surface area (Å²) < 4.78 is 0. The van der Waals surface area contributed by atoms with Gasteiger partial charge in [-0.25, -0.2) is 4.98 Å². The lowest BCUT2D eigenvalue weighted by atomic mass is 9.96. The third-order valence-electron chi connectivity index (χ3n) is 5.96. The van der Waals surface area contributed by atoms with Gasteiger partial charge in [0, 0.05) is 36.9 Å². The molecule has 3 aromatic heterocycles. The summed E-state index contributed by atoms with van der Waals surface area (Å²) in [5.41, 5.74) is 1.41. The van der Waals surface area contributed by atoms with Gasteiger partial charge in [-0.05, 0) is 42.3 Å². The monoisotopic (exact) mass is 440 g/mol. The van der Waals surface area contributed by atoms with E-state index in [1.165, 1.54) is 16.2 Å². The van der Waals surface area contributed by atoms with Gasteiger partial charge in [-0.15, -0.1) is 22.7 Å². The number of rotatable bonds is 4. The van der Waals surface area contributed by atoms with Crippen molar-refractivity contribution in [3.8, 4) is 0 Å². The van der Waals surface area contributed by atoms with Crippen molar-refractivity contribution in [3.05, 3.63) is 72.2 Å². The van der Waals surface area contributed by atoms with Crippen molar-refractivity contribution in [2.45, 2.75) is 38.3 Å². The molecule has 8 heteroatoms. The van der Waals surface area contributed by atoms with Crippen molar-refractivity contribution in [2.75, 3.05) is 19.6 Å². The Balaban J connectivity index is 1.32. The van der Waals surface area contributed by atoms with Crippen molar-refractivity contribution >= 4 is 28.6 Å². The second-order valence-corrected chi connectivity index (χ2v) is 9.96. The third kappa shape index (κ3) is 3.99. The van der Waals surface area contributed by atoms with Crippen molar-refractivity contribution in [3.63, 3.8) is 0 Å². The highest BCUT2D eigenvalue weighted by Crippen LogP contribution is 2.27. The molecule has 1 N–H and O–H groups in total. The largest absolute Gasteiger partial charge is 0.333 e. The number of amides is 1. The van der Waals surface area contributed by atoms with Crippen LogP contribution in [-0.4, -0.2) is 45.3 Å². The number of carbonyl (C=O) groups excluding carboxylic acids is 1. The maximum atomic E-state index is 12.9. The average molecular weight is 441 g/mol. The maximum Gasteiger partial charge on any atom is 0.264 e. The molecule has 0 unspecified atom stereocenters. The van der Waals surface area contributed by atoms with Crippen LogP contribution in [0.4, 0.5) is 0 Å². The zero-order chi connectivity index (χ0) is 20.5. The molecule has 0 aromatic carbocycles. The Morgan fingerprint density at radius 3 is 2.87 bits per heavy atom. The van der Waals surface area contributed by atoms with Crippen LogP contribution in [-0.2, 0) is 19.5 Å². The van der Waals surface area contributed by atoms with Gasteiger partial charge in [-0.1, -0.05) is 12.1 Å². The van der Waals surface area contributed by atoms with Gasteiger partial charge in [0.25, 0.3) is 11.5 Å². The minimum Gasteiger partial charge on any atom is -0.333 e. The van der Waals surface area contributed by atoms with Crippen LogP contribution in [0.3, 0.4) is 0 Å². The summed E-state index contributed by atoms with van der Waals surface area (Å²) in [4.78, 5) is 39.8. The molecular weight excluding hydrogens is 416 g/mol. The fourth-order valence-electron chi connectivity index (χ4n) is 4.41. The lowest BCUT2D eigenvalue weighted by Crippen LogP contribution is -2.40. The molecule has 30 heavy (non-hydrogen) atoms. The van der Waals surface area contributed by atoms with Gasteiger partial charge in [0.2, 0.25) is 0 Å². The molecule has 1 atom stereocenters. The lowest BCUT2D eigenvalue weighted by Gasteiger charge is -2.33. The summed E-state index contributed by atoms with van der Waals surface area (Å²) >= 11 is 3.23. The number of thiophene rings is 2. The Morgan fingerprint density at radius 2 is 2.07 bits per heavy atom. The number of fused-ring (bicyclic) bond motifs is 1. The number of aromatic amines is 1. The smallest absolute Gasteiger partial charge is 0.264 e. The Morgan fingerprint density at radius 1 is 1.20 bits per heavy atom. The molecule has 0 radical (unpaired) electrons. The van der Waals surface area contributed by atoms with Crippen LogP contribution in [0, 0.1) is 0 Å². The van der Waals surface area contributed by atoms with Gasteiger partial charge in [-0.2, -0.15) is 0 Å². The number of H-pyrrole nitrogens is 1.